The molecular weight excluding hydrogens is 383 g/mol. The first-order valence-corrected chi connectivity index (χ1v) is 9.02. The van der Waals surface area contributed by atoms with Crippen molar-refractivity contribution in [2.24, 2.45) is 5.73 Å². The van der Waals surface area contributed by atoms with Crippen LogP contribution in [0.1, 0.15) is 27.4 Å². The predicted octanol–water partition coefficient (Wildman–Crippen LogP) is 2.92. The van der Waals surface area contributed by atoms with Crippen molar-refractivity contribution in [3.8, 4) is 0 Å². The van der Waals surface area contributed by atoms with Crippen LogP contribution in [-0.2, 0) is 6.18 Å². The first-order chi connectivity index (χ1) is 13.8. The van der Waals surface area contributed by atoms with Crippen LogP contribution < -0.4 is 16.4 Å². The Kier molecular flexibility index (Phi) is 4.83. The number of nitrogens with two attached hydrogens (primary N) is 1. The highest BCUT2D eigenvalue weighted by molar-refractivity contribution is 6.06. The third kappa shape index (κ3) is 3.73. The highest BCUT2D eigenvalue weighted by atomic mass is 19.4. The van der Waals surface area contributed by atoms with Gasteiger partial charge in [-0.05, 0) is 23.8 Å². The first-order valence-electron chi connectivity index (χ1n) is 9.02. The Hall–Kier alpha value is -3.20. The predicted molar refractivity (Wildman–Crippen MR) is 103 cm³/mol. The Morgan fingerprint density at radius 2 is 1.93 bits per heavy atom. The van der Waals surface area contributed by atoms with E-state index >= 15 is 0 Å². The number of nitrogens with zero attached hydrogens (tertiary/aromatic N) is 2. The Morgan fingerprint density at radius 1 is 1.14 bits per heavy atom. The molecular formula is C20H18F3N5O. The third-order valence-corrected chi connectivity index (χ3v) is 5.11. The molecule has 2 heterocycles. The fourth-order valence-electron chi connectivity index (χ4n) is 3.70. The molecule has 1 aromatic heterocycles. The quantitative estimate of drug-likeness (QED) is 0.625. The van der Waals surface area contributed by atoms with Crippen LogP contribution in [0.3, 0.4) is 0 Å². The van der Waals surface area contributed by atoms with Gasteiger partial charge in [0.1, 0.15) is 12.1 Å². The molecule has 0 unspecified atom stereocenters. The molecule has 3 aromatic rings. The average Bonchev–Trinajstić information content (AvgIpc) is 3.15. The van der Waals surface area contributed by atoms with Crippen molar-refractivity contribution in [1.82, 2.24) is 15.3 Å². The first kappa shape index (κ1) is 19.1. The summed E-state index contributed by atoms with van der Waals surface area (Å²) >= 11 is 0. The molecule has 9 heteroatoms. The fourth-order valence-corrected chi connectivity index (χ4v) is 3.70. The molecule has 0 aliphatic carbocycles. The number of nitrogens with one attached hydrogen (secondary N) is 2. The summed E-state index contributed by atoms with van der Waals surface area (Å²) in [7, 11) is 0. The van der Waals surface area contributed by atoms with Gasteiger partial charge in [-0.25, -0.2) is 9.97 Å². The van der Waals surface area contributed by atoms with Crippen molar-refractivity contribution in [3.63, 3.8) is 0 Å². The van der Waals surface area contributed by atoms with Gasteiger partial charge in [-0.2, -0.15) is 13.2 Å². The summed E-state index contributed by atoms with van der Waals surface area (Å²) in [6, 6.07) is 10.2. The number of benzene rings is 2. The molecule has 1 saturated heterocycles. The number of primary amides is 1. The maximum absolute atomic E-state index is 13.1. The van der Waals surface area contributed by atoms with Crippen molar-refractivity contribution in [2.45, 2.75) is 18.1 Å². The molecule has 1 amide bonds. The number of para-hydroxylation sites is 1. The highest BCUT2D eigenvalue weighted by Gasteiger charge is 2.34. The fraction of sp³-hybridized carbons (Fsp3) is 0.250. The van der Waals surface area contributed by atoms with Gasteiger partial charge >= 0.3 is 6.18 Å². The molecule has 4 N–H and O–H groups in total. The molecule has 1 fully saturated rings. The lowest BCUT2D eigenvalue weighted by Gasteiger charge is -2.22. The Balaban J connectivity index is 1.66. The maximum atomic E-state index is 13.1. The van der Waals surface area contributed by atoms with Crippen molar-refractivity contribution in [2.75, 3.05) is 18.4 Å². The van der Waals surface area contributed by atoms with E-state index in [9.17, 15) is 18.0 Å². The maximum Gasteiger partial charge on any atom is 0.416 e. The molecule has 1 aliphatic heterocycles. The van der Waals surface area contributed by atoms with Gasteiger partial charge in [0.2, 0.25) is 0 Å². The minimum Gasteiger partial charge on any atom is -0.366 e. The second-order valence-electron chi connectivity index (χ2n) is 6.93. The zero-order valence-corrected chi connectivity index (χ0v) is 15.2. The van der Waals surface area contributed by atoms with E-state index in [1.54, 1.807) is 24.3 Å². The molecule has 1 aliphatic rings. The minimum absolute atomic E-state index is 0.179. The number of rotatable bonds is 4. The van der Waals surface area contributed by atoms with Gasteiger partial charge in [0.25, 0.3) is 5.91 Å². The van der Waals surface area contributed by atoms with Crippen molar-refractivity contribution >= 4 is 22.6 Å². The topological polar surface area (TPSA) is 92.9 Å². The van der Waals surface area contributed by atoms with Crippen LogP contribution in [0.5, 0.6) is 0 Å². The number of halogens is 3. The van der Waals surface area contributed by atoms with E-state index in [4.69, 9.17) is 5.73 Å². The molecule has 4 rings (SSSR count). The summed E-state index contributed by atoms with van der Waals surface area (Å²) in [6.07, 6.45) is -3.06. The Bertz CT molecular complexity index is 1070. The van der Waals surface area contributed by atoms with Gasteiger partial charge in [-0.3, -0.25) is 4.79 Å². The summed E-state index contributed by atoms with van der Waals surface area (Å²) in [5.74, 6) is -0.268. The van der Waals surface area contributed by atoms with Crippen molar-refractivity contribution in [1.29, 1.82) is 0 Å². The second kappa shape index (κ2) is 7.32. The minimum atomic E-state index is -4.39. The lowest BCUT2D eigenvalue weighted by atomic mass is 9.92. The number of alkyl halides is 3. The summed E-state index contributed by atoms with van der Waals surface area (Å²) in [4.78, 5) is 20.1. The molecule has 2 aromatic carbocycles. The zero-order valence-electron chi connectivity index (χ0n) is 15.2. The number of fused-ring (bicyclic) bond motifs is 1. The number of amides is 1. The largest absolute Gasteiger partial charge is 0.416 e. The van der Waals surface area contributed by atoms with Crippen molar-refractivity contribution < 1.29 is 18.0 Å². The van der Waals surface area contributed by atoms with Crippen LogP contribution in [0.4, 0.5) is 19.0 Å². The summed E-state index contributed by atoms with van der Waals surface area (Å²) < 4.78 is 39.3. The SMILES string of the molecule is NC(=O)c1cccc2c(N[C@@H]3CNC[C@@H]3c3cccc(C(F)(F)F)c3)ncnc12. The molecule has 0 radical (unpaired) electrons. The summed E-state index contributed by atoms with van der Waals surface area (Å²) in [5.41, 5.74) is 6.06. The average molecular weight is 401 g/mol. The van der Waals surface area contributed by atoms with Gasteiger partial charge in [0.05, 0.1) is 16.6 Å². The van der Waals surface area contributed by atoms with Crippen LogP contribution in [-0.4, -0.2) is 35.0 Å². The van der Waals surface area contributed by atoms with Crippen LogP contribution >= 0.6 is 0 Å². The van der Waals surface area contributed by atoms with Crippen LogP contribution in [0.2, 0.25) is 0 Å². The Morgan fingerprint density at radius 3 is 2.69 bits per heavy atom. The van der Waals surface area contributed by atoms with Crippen LogP contribution in [0.15, 0.2) is 48.8 Å². The molecule has 29 heavy (non-hydrogen) atoms. The summed E-state index contributed by atoms with van der Waals surface area (Å²) in [6.45, 7) is 1.09. The Labute approximate surface area is 164 Å². The molecule has 0 bridgehead atoms. The van der Waals surface area contributed by atoms with E-state index in [1.807, 2.05) is 0 Å². The van der Waals surface area contributed by atoms with Gasteiger partial charge in [-0.1, -0.05) is 24.3 Å². The molecule has 0 spiro atoms. The third-order valence-electron chi connectivity index (χ3n) is 5.11. The van der Waals surface area contributed by atoms with Crippen LogP contribution in [0.25, 0.3) is 10.9 Å². The van der Waals surface area contributed by atoms with Gasteiger partial charge in [-0.15, -0.1) is 0 Å². The number of carbonyl (C=O) groups excluding carboxylic acids is 1. The lowest BCUT2D eigenvalue weighted by molar-refractivity contribution is -0.137. The van der Waals surface area contributed by atoms with E-state index in [0.717, 1.165) is 6.07 Å². The van der Waals surface area contributed by atoms with Crippen LogP contribution in [0, 0.1) is 0 Å². The van der Waals surface area contributed by atoms with Gasteiger partial charge in [0.15, 0.2) is 0 Å². The molecule has 6 nitrogen and oxygen atoms in total. The van der Waals surface area contributed by atoms with Gasteiger partial charge in [0, 0.05) is 30.4 Å². The molecule has 0 saturated carbocycles. The normalized spacial score (nSPS) is 19.4. The standard InChI is InChI=1S/C20H18F3N5O/c21-20(22,23)12-4-1-3-11(7-12)15-8-25-9-16(15)28-19-14-6-2-5-13(18(24)29)17(14)26-10-27-19/h1-7,10,15-16,25H,8-9H2,(H2,24,29)(H,26,27,28)/t15-,16-/m1/s1. The molecule has 150 valence electrons. The monoisotopic (exact) mass is 401 g/mol. The van der Waals surface area contributed by atoms with E-state index in [0.29, 0.717) is 35.4 Å². The van der Waals surface area contributed by atoms with E-state index in [1.165, 1.54) is 18.5 Å². The van der Waals surface area contributed by atoms with E-state index < -0.39 is 17.6 Å². The highest BCUT2D eigenvalue weighted by Crippen LogP contribution is 2.33. The van der Waals surface area contributed by atoms with Gasteiger partial charge < -0.3 is 16.4 Å². The number of carbonyl (C=O) groups is 1. The van der Waals surface area contributed by atoms with E-state index in [2.05, 4.69) is 20.6 Å². The smallest absolute Gasteiger partial charge is 0.366 e. The number of hydrogen-bond donors (Lipinski definition) is 3. The number of aromatic nitrogens is 2. The van der Waals surface area contributed by atoms with Crippen molar-refractivity contribution in [3.05, 3.63) is 65.5 Å². The lowest BCUT2D eigenvalue weighted by Crippen LogP contribution is -2.28. The number of hydrogen-bond acceptors (Lipinski definition) is 5. The summed E-state index contributed by atoms with van der Waals surface area (Å²) in [5, 5.41) is 7.15. The molecule has 2 atom stereocenters. The second-order valence-corrected chi connectivity index (χ2v) is 6.93. The number of anilines is 1. The van der Waals surface area contributed by atoms with E-state index in [-0.39, 0.29) is 17.5 Å². The zero-order chi connectivity index (χ0) is 20.6.